The van der Waals surface area contributed by atoms with Gasteiger partial charge in [-0.15, -0.1) is 0 Å². The summed E-state index contributed by atoms with van der Waals surface area (Å²) < 4.78 is 0. The van der Waals surface area contributed by atoms with Crippen LogP contribution < -0.4 is 5.32 Å². The number of H-pyrrole nitrogens is 1. The Hall–Kier alpha value is -2.36. The summed E-state index contributed by atoms with van der Waals surface area (Å²) >= 11 is 6.02. The van der Waals surface area contributed by atoms with Crippen LogP contribution in [-0.2, 0) is 0 Å². The maximum Gasteiger partial charge on any atom is 0.277 e. The lowest BCUT2D eigenvalue weighted by Crippen LogP contribution is -2.12. The third-order valence-electron chi connectivity index (χ3n) is 2.33. The van der Waals surface area contributed by atoms with E-state index in [1.54, 1.807) is 18.2 Å². The topological polar surface area (TPSA) is 90.9 Å². The van der Waals surface area contributed by atoms with Crippen LogP contribution in [0.5, 0.6) is 0 Å². The summed E-state index contributed by atoms with van der Waals surface area (Å²) in [7, 11) is 0. The van der Waals surface area contributed by atoms with E-state index in [0.717, 1.165) is 0 Å². The Bertz CT molecular complexity index is 659. The van der Waals surface area contributed by atoms with E-state index < -0.39 is 5.91 Å². The number of benzene rings is 1. The number of amides is 1. The highest BCUT2D eigenvalue weighted by Crippen LogP contribution is 2.23. The zero-order valence-electron chi connectivity index (χ0n) is 10.4. The van der Waals surface area contributed by atoms with Gasteiger partial charge in [0.1, 0.15) is 0 Å². The van der Waals surface area contributed by atoms with Crippen LogP contribution >= 0.6 is 11.6 Å². The number of aromatic nitrogens is 3. The van der Waals surface area contributed by atoms with Crippen molar-refractivity contribution >= 4 is 23.2 Å². The molecule has 2 aromatic rings. The Kier molecular flexibility index (Phi) is 4.71. The van der Waals surface area contributed by atoms with E-state index >= 15 is 0 Å². The summed E-state index contributed by atoms with van der Waals surface area (Å²) in [5.74, 6) is 5.25. The number of aromatic amines is 1. The van der Waals surface area contributed by atoms with Gasteiger partial charge in [-0.3, -0.25) is 4.79 Å². The number of hydrogen-bond donors (Lipinski definition) is 3. The number of halogens is 1. The van der Waals surface area contributed by atoms with Gasteiger partial charge in [-0.05, 0) is 18.2 Å². The number of hydrogen-bond acceptors (Lipinski definition) is 4. The van der Waals surface area contributed by atoms with E-state index in [1.165, 1.54) is 6.20 Å². The standard InChI is InChI=1S/C13H11ClN4O2/c14-10-5-4-9(3-1-2-6-19)7-11(10)16-13(20)12-8-15-18-17-12/h4-5,7-8,19H,2,6H2,(H,16,20)(H,15,17,18). The second-order valence-corrected chi connectivity index (χ2v) is 4.19. The molecular formula is C13H11ClN4O2. The van der Waals surface area contributed by atoms with Crippen LogP contribution in [0, 0.1) is 11.8 Å². The van der Waals surface area contributed by atoms with Gasteiger partial charge < -0.3 is 10.4 Å². The van der Waals surface area contributed by atoms with Crippen molar-refractivity contribution < 1.29 is 9.90 Å². The van der Waals surface area contributed by atoms with E-state index in [9.17, 15) is 4.79 Å². The first-order valence-electron chi connectivity index (χ1n) is 5.77. The van der Waals surface area contributed by atoms with Crippen LogP contribution in [0.25, 0.3) is 0 Å². The number of anilines is 1. The summed E-state index contributed by atoms with van der Waals surface area (Å²) in [6.07, 6.45) is 1.71. The van der Waals surface area contributed by atoms with Crippen molar-refractivity contribution in [1.82, 2.24) is 15.4 Å². The fourth-order valence-corrected chi connectivity index (χ4v) is 1.58. The normalized spacial score (nSPS) is 9.70. The summed E-state index contributed by atoms with van der Waals surface area (Å²) in [6.45, 7) is 0.0103. The van der Waals surface area contributed by atoms with E-state index in [2.05, 4.69) is 32.6 Å². The van der Waals surface area contributed by atoms with Crippen LogP contribution in [0.4, 0.5) is 5.69 Å². The van der Waals surface area contributed by atoms with E-state index in [0.29, 0.717) is 22.7 Å². The van der Waals surface area contributed by atoms with Gasteiger partial charge in [0.05, 0.1) is 23.5 Å². The molecule has 0 aliphatic heterocycles. The van der Waals surface area contributed by atoms with E-state index in [1.807, 2.05) is 0 Å². The van der Waals surface area contributed by atoms with E-state index in [-0.39, 0.29) is 12.3 Å². The van der Waals surface area contributed by atoms with Gasteiger partial charge >= 0.3 is 0 Å². The quantitative estimate of drug-likeness (QED) is 0.746. The molecule has 0 unspecified atom stereocenters. The van der Waals surface area contributed by atoms with Crippen LogP contribution in [0.2, 0.25) is 5.02 Å². The molecule has 7 heteroatoms. The lowest BCUT2D eigenvalue weighted by atomic mass is 10.2. The molecule has 2 rings (SSSR count). The first kappa shape index (κ1) is 14.1. The molecule has 1 aromatic carbocycles. The molecule has 3 N–H and O–H groups in total. The Labute approximate surface area is 120 Å². The molecule has 0 aliphatic rings. The molecule has 1 heterocycles. The highest BCUT2D eigenvalue weighted by Gasteiger charge is 2.11. The van der Waals surface area contributed by atoms with Crippen molar-refractivity contribution in [3.05, 3.63) is 40.7 Å². The minimum Gasteiger partial charge on any atom is -0.395 e. The minimum atomic E-state index is -0.416. The summed E-state index contributed by atoms with van der Waals surface area (Å²) in [4.78, 5) is 11.8. The third kappa shape index (κ3) is 3.57. The number of nitrogens with zero attached hydrogens (tertiary/aromatic N) is 2. The van der Waals surface area contributed by atoms with Gasteiger partial charge in [0, 0.05) is 12.0 Å². The van der Waals surface area contributed by atoms with Crippen molar-refractivity contribution in [1.29, 1.82) is 0 Å². The fourth-order valence-electron chi connectivity index (χ4n) is 1.42. The summed E-state index contributed by atoms with van der Waals surface area (Å²) in [6, 6.07) is 5.03. The van der Waals surface area contributed by atoms with Crippen molar-refractivity contribution in [2.45, 2.75) is 6.42 Å². The van der Waals surface area contributed by atoms with Crippen molar-refractivity contribution in [3.8, 4) is 11.8 Å². The molecule has 0 bridgehead atoms. The van der Waals surface area contributed by atoms with Crippen LogP contribution in [0.3, 0.4) is 0 Å². The van der Waals surface area contributed by atoms with Gasteiger partial charge in [0.2, 0.25) is 0 Å². The Morgan fingerprint density at radius 2 is 2.35 bits per heavy atom. The second kappa shape index (κ2) is 6.70. The fraction of sp³-hybridized carbons (Fsp3) is 0.154. The second-order valence-electron chi connectivity index (χ2n) is 3.78. The number of aliphatic hydroxyl groups excluding tert-OH is 1. The average molecular weight is 291 g/mol. The monoisotopic (exact) mass is 290 g/mol. The van der Waals surface area contributed by atoms with Gasteiger partial charge in [0.15, 0.2) is 5.69 Å². The van der Waals surface area contributed by atoms with Crippen molar-refractivity contribution in [2.24, 2.45) is 0 Å². The van der Waals surface area contributed by atoms with Gasteiger partial charge in [0.25, 0.3) is 5.91 Å². The SMILES string of the molecule is O=C(Nc1cc(C#CCCO)ccc1Cl)c1cn[nH]n1. The Balaban J connectivity index is 2.17. The summed E-state index contributed by atoms with van der Waals surface area (Å²) in [5, 5.41) is 21.3. The van der Waals surface area contributed by atoms with Gasteiger partial charge in [-0.1, -0.05) is 23.4 Å². The summed E-state index contributed by atoms with van der Waals surface area (Å²) in [5.41, 5.74) is 1.30. The first-order valence-corrected chi connectivity index (χ1v) is 6.15. The third-order valence-corrected chi connectivity index (χ3v) is 2.66. The number of carbonyl (C=O) groups excluding carboxylic acids is 1. The van der Waals surface area contributed by atoms with Crippen LogP contribution in [0.1, 0.15) is 22.5 Å². The highest BCUT2D eigenvalue weighted by molar-refractivity contribution is 6.33. The molecule has 6 nitrogen and oxygen atoms in total. The molecule has 0 radical (unpaired) electrons. The predicted molar refractivity (Wildman–Crippen MR) is 74.4 cm³/mol. The zero-order chi connectivity index (χ0) is 14.4. The molecule has 1 aromatic heterocycles. The van der Waals surface area contributed by atoms with Crippen molar-refractivity contribution in [2.75, 3.05) is 11.9 Å². The molecule has 0 fully saturated rings. The predicted octanol–water partition coefficient (Wildman–Crippen LogP) is 1.44. The molecule has 0 saturated carbocycles. The molecule has 20 heavy (non-hydrogen) atoms. The lowest BCUT2D eigenvalue weighted by Gasteiger charge is -2.05. The average Bonchev–Trinajstić information content (AvgIpc) is 2.97. The number of aliphatic hydroxyl groups is 1. The number of rotatable bonds is 3. The molecule has 0 atom stereocenters. The lowest BCUT2D eigenvalue weighted by molar-refractivity contribution is 0.102. The number of carbonyl (C=O) groups is 1. The molecular weight excluding hydrogens is 280 g/mol. The minimum absolute atomic E-state index is 0.0103. The zero-order valence-corrected chi connectivity index (χ0v) is 11.1. The van der Waals surface area contributed by atoms with Crippen LogP contribution in [-0.4, -0.2) is 33.0 Å². The Morgan fingerprint density at radius 3 is 3.05 bits per heavy atom. The van der Waals surface area contributed by atoms with Crippen LogP contribution in [0.15, 0.2) is 24.4 Å². The Morgan fingerprint density at radius 1 is 1.50 bits per heavy atom. The molecule has 0 saturated heterocycles. The molecule has 102 valence electrons. The highest BCUT2D eigenvalue weighted by atomic mass is 35.5. The smallest absolute Gasteiger partial charge is 0.277 e. The maximum absolute atomic E-state index is 11.8. The van der Waals surface area contributed by atoms with E-state index in [4.69, 9.17) is 16.7 Å². The molecule has 0 spiro atoms. The van der Waals surface area contributed by atoms with Gasteiger partial charge in [-0.2, -0.15) is 15.4 Å². The first-order chi connectivity index (χ1) is 9.70. The number of nitrogens with one attached hydrogen (secondary N) is 2. The van der Waals surface area contributed by atoms with Gasteiger partial charge in [-0.25, -0.2) is 0 Å². The maximum atomic E-state index is 11.8. The largest absolute Gasteiger partial charge is 0.395 e. The van der Waals surface area contributed by atoms with Crippen molar-refractivity contribution in [3.63, 3.8) is 0 Å². The molecule has 0 aliphatic carbocycles. The molecule has 1 amide bonds.